The van der Waals surface area contributed by atoms with Crippen molar-refractivity contribution in [3.63, 3.8) is 0 Å². The van der Waals surface area contributed by atoms with E-state index in [0.717, 1.165) is 10.7 Å². The van der Waals surface area contributed by atoms with Crippen LogP contribution in [-0.2, 0) is 6.54 Å². The van der Waals surface area contributed by atoms with E-state index in [0.29, 0.717) is 9.58 Å². The molecule has 0 saturated carbocycles. The summed E-state index contributed by atoms with van der Waals surface area (Å²) in [6, 6.07) is 2.43. The second-order valence-electron chi connectivity index (χ2n) is 8.26. The van der Waals surface area contributed by atoms with Crippen molar-refractivity contribution in [1.82, 2.24) is 34.5 Å². The molecule has 0 unspecified atom stereocenters. The summed E-state index contributed by atoms with van der Waals surface area (Å²) in [5, 5.41) is 13.7. The standard InChI is InChI=1S/C21H20F6N8O/c1-33-6-5-15(20(23,24)9-33)28-19-29-18(36-2)17-16(12(22)8-34(17)31-19)11-3-4-13-14(7-11)35(32-30-13)10-21(25,26)27/h3-4,7-8,15H,5-6,9-10H2,1-2H3,(H,28,31)/t15-/m1/s1/i1D3,2D. The van der Waals surface area contributed by atoms with Gasteiger partial charge in [-0.1, -0.05) is 11.3 Å². The van der Waals surface area contributed by atoms with Gasteiger partial charge in [-0.2, -0.15) is 18.2 Å². The van der Waals surface area contributed by atoms with Crippen LogP contribution in [0.5, 0.6) is 5.88 Å². The van der Waals surface area contributed by atoms with Gasteiger partial charge in [-0.3, -0.25) is 0 Å². The van der Waals surface area contributed by atoms with Crippen LogP contribution in [0.3, 0.4) is 0 Å². The molecule has 0 bridgehead atoms. The number of hydrogen-bond donors (Lipinski definition) is 1. The number of alkyl halides is 5. The van der Waals surface area contributed by atoms with Crippen molar-refractivity contribution in [1.29, 1.82) is 0 Å². The summed E-state index contributed by atoms with van der Waals surface area (Å²) in [6.07, 6.45) is -3.96. The monoisotopic (exact) mass is 518 g/mol. The molecule has 5 rings (SSSR count). The lowest BCUT2D eigenvalue weighted by atomic mass is 10.0. The van der Waals surface area contributed by atoms with Crippen molar-refractivity contribution >= 4 is 22.5 Å². The van der Waals surface area contributed by atoms with Gasteiger partial charge in [0.15, 0.2) is 5.82 Å². The Morgan fingerprint density at radius 1 is 1.31 bits per heavy atom. The van der Waals surface area contributed by atoms with Crippen LogP contribution < -0.4 is 10.1 Å². The van der Waals surface area contributed by atoms with E-state index in [-0.39, 0.29) is 46.5 Å². The molecule has 192 valence electrons. The number of fused-ring (bicyclic) bond motifs is 2. The second-order valence-corrected chi connectivity index (χ2v) is 8.26. The van der Waals surface area contributed by atoms with E-state index in [1.54, 1.807) is 0 Å². The first-order chi connectivity index (χ1) is 18.7. The van der Waals surface area contributed by atoms with E-state index in [2.05, 4.69) is 25.7 Å². The first-order valence-electron chi connectivity index (χ1n) is 12.7. The van der Waals surface area contributed by atoms with Crippen molar-refractivity contribution in [3.8, 4) is 17.0 Å². The first-order valence-corrected chi connectivity index (χ1v) is 10.5. The SMILES string of the molecule is [2H]COc1nc(N[C@@H]2CCN(C([2H])([2H])[2H])CC2(F)F)nn2cc(F)c(-c3ccc4nnn(CC(F)(F)F)c4c3)c12. The highest BCUT2D eigenvalue weighted by Crippen LogP contribution is 2.36. The third kappa shape index (κ3) is 4.38. The van der Waals surface area contributed by atoms with Gasteiger partial charge in [0.1, 0.15) is 17.6 Å². The number of piperidine rings is 1. The lowest BCUT2D eigenvalue weighted by molar-refractivity contribution is -0.142. The number of rotatable bonds is 5. The van der Waals surface area contributed by atoms with Gasteiger partial charge >= 0.3 is 6.18 Å². The maximum absolute atomic E-state index is 15.3. The lowest BCUT2D eigenvalue weighted by Gasteiger charge is -2.36. The number of anilines is 1. The van der Waals surface area contributed by atoms with Crippen LogP contribution in [-0.4, -0.2) is 79.8 Å². The molecule has 36 heavy (non-hydrogen) atoms. The Labute approximate surface area is 205 Å². The van der Waals surface area contributed by atoms with Crippen LogP contribution in [0, 0.1) is 5.82 Å². The fourth-order valence-electron chi connectivity index (χ4n) is 4.14. The summed E-state index contributed by atoms with van der Waals surface area (Å²) in [5.41, 5.74) is -0.0727. The van der Waals surface area contributed by atoms with Crippen molar-refractivity contribution in [2.75, 3.05) is 32.5 Å². The van der Waals surface area contributed by atoms with Gasteiger partial charge in [0, 0.05) is 10.7 Å². The van der Waals surface area contributed by atoms with Gasteiger partial charge in [0.05, 0.1) is 38.3 Å². The minimum absolute atomic E-state index is 0.0265. The molecular weight excluding hydrogens is 494 g/mol. The number of methoxy groups -OCH3 is 1. The maximum atomic E-state index is 15.3. The molecule has 4 aromatic rings. The number of aromatic nitrogens is 6. The molecule has 1 saturated heterocycles. The van der Waals surface area contributed by atoms with Crippen LogP contribution in [0.1, 0.15) is 11.9 Å². The van der Waals surface area contributed by atoms with Crippen molar-refractivity contribution in [3.05, 3.63) is 30.2 Å². The van der Waals surface area contributed by atoms with Crippen LogP contribution in [0.4, 0.5) is 32.3 Å². The van der Waals surface area contributed by atoms with E-state index in [9.17, 15) is 22.0 Å². The molecule has 0 amide bonds. The summed E-state index contributed by atoms with van der Waals surface area (Å²) in [4.78, 5) is 4.73. The number of ether oxygens (including phenoxy) is 1. The Bertz CT molecular complexity index is 1560. The highest BCUT2D eigenvalue weighted by Gasteiger charge is 2.44. The van der Waals surface area contributed by atoms with E-state index in [1.807, 2.05) is 0 Å². The minimum Gasteiger partial charge on any atom is -0.479 e. The number of benzene rings is 1. The highest BCUT2D eigenvalue weighted by molar-refractivity contribution is 5.89. The molecule has 4 heterocycles. The molecule has 9 nitrogen and oxygen atoms in total. The highest BCUT2D eigenvalue weighted by atomic mass is 19.4. The van der Waals surface area contributed by atoms with Gasteiger partial charge < -0.3 is 15.0 Å². The minimum atomic E-state index is -4.59. The number of halogens is 6. The Kier molecular flexibility index (Phi) is 4.62. The van der Waals surface area contributed by atoms with Crippen LogP contribution in [0.25, 0.3) is 27.7 Å². The molecule has 1 aliphatic heterocycles. The van der Waals surface area contributed by atoms with Crippen molar-refractivity contribution < 1.29 is 36.6 Å². The molecule has 3 aromatic heterocycles. The molecule has 1 aliphatic rings. The van der Waals surface area contributed by atoms with Gasteiger partial charge in [-0.05, 0) is 31.1 Å². The largest absolute Gasteiger partial charge is 0.479 e. The zero-order chi connectivity index (χ0) is 29.0. The lowest BCUT2D eigenvalue weighted by Crippen LogP contribution is -2.53. The third-order valence-electron chi connectivity index (χ3n) is 5.72. The molecular formula is C21H20F6N8O. The first kappa shape index (κ1) is 19.6. The fraction of sp³-hybridized carbons (Fsp3) is 0.429. The number of hydrogen-bond acceptors (Lipinski definition) is 7. The normalized spacial score (nSPS) is 20.7. The summed E-state index contributed by atoms with van der Waals surface area (Å²) < 4.78 is 120. The maximum Gasteiger partial charge on any atom is 0.408 e. The smallest absolute Gasteiger partial charge is 0.408 e. The van der Waals surface area contributed by atoms with Gasteiger partial charge in [-0.25, -0.2) is 22.4 Å². The van der Waals surface area contributed by atoms with Crippen molar-refractivity contribution in [2.24, 2.45) is 0 Å². The molecule has 0 radical (unpaired) electrons. The van der Waals surface area contributed by atoms with E-state index < -0.39 is 57.1 Å². The van der Waals surface area contributed by atoms with E-state index in [4.69, 9.17) is 10.2 Å². The number of likely N-dealkylation sites (tertiary alicyclic amines) is 1. The molecule has 1 N–H and O–H groups in total. The number of nitrogens with zero attached hydrogens (tertiary/aromatic N) is 7. The average Bonchev–Trinajstić information content (AvgIpc) is 3.38. The Morgan fingerprint density at radius 3 is 2.86 bits per heavy atom. The summed E-state index contributed by atoms with van der Waals surface area (Å²) in [7, 11) is -0.688. The van der Waals surface area contributed by atoms with Gasteiger partial charge in [-0.15, -0.1) is 10.2 Å². The molecule has 0 spiro atoms. The number of nitrogens with one attached hydrogen (secondary N) is 1. The average molecular weight is 518 g/mol. The molecule has 1 atom stereocenters. The van der Waals surface area contributed by atoms with Gasteiger partial charge in [0.25, 0.3) is 5.92 Å². The third-order valence-corrected chi connectivity index (χ3v) is 5.72. The van der Waals surface area contributed by atoms with Crippen molar-refractivity contribution in [2.45, 2.75) is 31.1 Å². The van der Waals surface area contributed by atoms with Crippen LogP contribution in [0.15, 0.2) is 24.4 Å². The molecule has 1 aromatic carbocycles. The van der Waals surface area contributed by atoms with Crippen LogP contribution in [0.2, 0.25) is 0 Å². The predicted octanol–water partition coefficient (Wildman–Crippen LogP) is 3.60. The topological polar surface area (TPSA) is 85.4 Å². The summed E-state index contributed by atoms with van der Waals surface area (Å²) in [5.74, 6) is -5.12. The second kappa shape index (κ2) is 8.50. The van der Waals surface area contributed by atoms with Crippen LogP contribution >= 0.6 is 0 Å². The summed E-state index contributed by atoms with van der Waals surface area (Å²) in [6.45, 7) is -5.31. The molecule has 1 fully saturated rings. The fourth-order valence-corrected chi connectivity index (χ4v) is 4.14. The molecule has 15 heteroatoms. The Balaban J connectivity index is 1.53. The quantitative estimate of drug-likeness (QED) is 0.404. The Hall–Kier alpha value is -3.62. The zero-order valence-electron chi connectivity index (χ0n) is 22.2. The Morgan fingerprint density at radius 2 is 2.14 bits per heavy atom. The van der Waals surface area contributed by atoms with E-state index >= 15 is 4.39 Å². The zero-order valence-corrected chi connectivity index (χ0v) is 18.2. The van der Waals surface area contributed by atoms with Gasteiger partial charge in [0.2, 0.25) is 11.8 Å². The predicted molar refractivity (Wildman–Crippen MR) is 117 cm³/mol. The molecule has 0 aliphatic carbocycles. The summed E-state index contributed by atoms with van der Waals surface area (Å²) >= 11 is 0. The van der Waals surface area contributed by atoms with E-state index in [1.165, 1.54) is 18.2 Å².